The Morgan fingerprint density at radius 2 is 2.22 bits per heavy atom. The lowest BCUT2D eigenvalue weighted by Crippen LogP contribution is -1.95. The molecule has 0 saturated heterocycles. The van der Waals surface area contributed by atoms with E-state index in [1.165, 1.54) is 0 Å². The number of aliphatic hydroxyl groups is 1. The highest BCUT2D eigenvalue weighted by Crippen LogP contribution is 2.20. The molecule has 0 saturated carbocycles. The molecular weight excluding hydrogens is 230 g/mol. The molecule has 0 bridgehead atoms. The Morgan fingerprint density at radius 3 is 2.83 bits per heavy atom. The average molecular weight is 247 g/mol. The maximum absolute atomic E-state index is 9.37. The summed E-state index contributed by atoms with van der Waals surface area (Å²) >= 11 is 0. The Morgan fingerprint density at radius 1 is 1.39 bits per heavy atom. The fourth-order valence-corrected chi connectivity index (χ4v) is 1.57. The molecule has 2 rings (SSSR count). The molecule has 18 heavy (non-hydrogen) atoms. The smallest absolute Gasteiger partial charge is 0.219 e. The zero-order chi connectivity index (χ0) is 13.0. The van der Waals surface area contributed by atoms with Crippen LogP contribution in [0.1, 0.15) is 31.9 Å². The topological polar surface area (TPSA) is 60.2 Å². The molecule has 0 fully saturated rings. The number of nitrogens with zero attached hydrogens (tertiary/aromatic N) is 3. The molecule has 0 aliphatic heterocycles. The number of aryl methyl sites for hydroxylation is 1. The summed E-state index contributed by atoms with van der Waals surface area (Å²) in [7, 11) is 0. The fraction of sp³-hybridized carbons (Fsp3) is 0.385. The van der Waals surface area contributed by atoms with Crippen LogP contribution in [-0.2, 0) is 6.54 Å². The van der Waals surface area contributed by atoms with Gasteiger partial charge < -0.3 is 9.84 Å². The third-order valence-electron chi connectivity index (χ3n) is 2.53. The van der Waals surface area contributed by atoms with Gasteiger partial charge in [-0.05, 0) is 25.0 Å². The van der Waals surface area contributed by atoms with Gasteiger partial charge in [-0.2, -0.15) is 5.10 Å². The van der Waals surface area contributed by atoms with Crippen molar-refractivity contribution in [3.63, 3.8) is 0 Å². The molecule has 0 spiro atoms. The molecule has 2 aromatic heterocycles. The summed E-state index contributed by atoms with van der Waals surface area (Å²) in [5, 5.41) is 13.5. The quantitative estimate of drug-likeness (QED) is 0.882. The van der Waals surface area contributed by atoms with Crippen molar-refractivity contribution in [1.29, 1.82) is 0 Å². The molecule has 5 nitrogen and oxygen atoms in total. The molecule has 0 radical (unpaired) electrons. The first-order valence-electron chi connectivity index (χ1n) is 6.03. The van der Waals surface area contributed by atoms with E-state index in [2.05, 4.69) is 17.0 Å². The number of pyridine rings is 1. The second-order valence-corrected chi connectivity index (χ2v) is 4.15. The lowest BCUT2D eigenvalue weighted by molar-refractivity contribution is 0.198. The van der Waals surface area contributed by atoms with E-state index in [0.717, 1.165) is 18.5 Å². The van der Waals surface area contributed by atoms with Crippen molar-refractivity contribution in [2.24, 2.45) is 0 Å². The largest absolute Gasteiger partial charge is 0.436 e. The number of aliphatic hydroxyl groups excluding tert-OH is 1. The minimum Gasteiger partial charge on any atom is -0.436 e. The van der Waals surface area contributed by atoms with Gasteiger partial charge in [0.15, 0.2) is 5.75 Å². The Balaban J connectivity index is 2.03. The predicted molar refractivity (Wildman–Crippen MR) is 67.5 cm³/mol. The SMILES string of the molecule is CCCn1cc(Oc2ccc([C@H](C)O)cn2)cn1. The number of ether oxygens (including phenoxy) is 1. The zero-order valence-electron chi connectivity index (χ0n) is 10.6. The summed E-state index contributed by atoms with van der Waals surface area (Å²) in [6.45, 7) is 4.67. The molecule has 0 aromatic carbocycles. The van der Waals surface area contributed by atoms with Gasteiger partial charge in [0.25, 0.3) is 0 Å². The van der Waals surface area contributed by atoms with E-state index in [1.807, 2.05) is 10.9 Å². The van der Waals surface area contributed by atoms with Gasteiger partial charge in [-0.25, -0.2) is 4.98 Å². The summed E-state index contributed by atoms with van der Waals surface area (Å²) in [5.74, 6) is 1.16. The van der Waals surface area contributed by atoms with E-state index in [-0.39, 0.29) is 0 Å². The number of rotatable bonds is 5. The summed E-state index contributed by atoms with van der Waals surface area (Å²) in [4.78, 5) is 4.13. The predicted octanol–water partition coefficient (Wildman–Crippen LogP) is 2.53. The van der Waals surface area contributed by atoms with Gasteiger partial charge in [-0.1, -0.05) is 6.92 Å². The first-order valence-corrected chi connectivity index (χ1v) is 6.03. The van der Waals surface area contributed by atoms with Gasteiger partial charge >= 0.3 is 0 Å². The Kier molecular flexibility index (Phi) is 3.94. The van der Waals surface area contributed by atoms with Gasteiger partial charge in [0.05, 0.1) is 18.5 Å². The first kappa shape index (κ1) is 12.6. The van der Waals surface area contributed by atoms with Crippen molar-refractivity contribution in [2.75, 3.05) is 0 Å². The van der Waals surface area contributed by atoms with Gasteiger partial charge in [0.1, 0.15) is 0 Å². The molecular formula is C13H17N3O2. The lowest BCUT2D eigenvalue weighted by atomic mass is 10.2. The van der Waals surface area contributed by atoms with Crippen LogP contribution in [0.15, 0.2) is 30.7 Å². The molecule has 0 aliphatic rings. The van der Waals surface area contributed by atoms with Crippen molar-refractivity contribution >= 4 is 0 Å². The minimum absolute atomic E-state index is 0.496. The second-order valence-electron chi connectivity index (χ2n) is 4.15. The van der Waals surface area contributed by atoms with Gasteiger partial charge in [-0.15, -0.1) is 0 Å². The number of hydrogen-bond donors (Lipinski definition) is 1. The van der Waals surface area contributed by atoms with Crippen LogP contribution in [0.2, 0.25) is 0 Å². The summed E-state index contributed by atoms with van der Waals surface area (Å²) < 4.78 is 7.40. The van der Waals surface area contributed by atoms with E-state index in [9.17, 15) is 5.11 Å². The van der Waals surface area contributed by atoms with Crippen LogP contribution in [0.3, 0.4) is 0 Å². The number of aromatic nitrogens is 3. The third-order valence-corrected chi connectivity index (χ3v) is 2.53. The molecule has 2 heterocycles. The zero-order valence-corrected chi connectivity index (χ0v) is 10.6. The first-order chi connectivity index (χ1) is 8.69. The maximum atomic E-state index is 9.37. The standard InChI is InChI=1S/C13H17N3O2/c1-3-6-16-9-12(8-15-16)18-13-5-4-11(7-14-13)10(2)17/h4-5,7-10,17H,3,6H2,1-2H3/t10-/m0/s1. The maximum Gasteiger partial charge on any atom is 0.219 e. The van der Waals surface area contributed by atoms with E-state index in [0.29, 0.717) is 11.6 Å². The normalized spacial score (nSPS) is 12.4. The molecule has 0 unspecified atom stereocenters. The van der Waals surface area contributed by atoms with Crippen LogP contribution in [0, 0.1) is 0 Å². The van der Waals surface area contributed by atoms with Crippen molar-refractivity contribution in [3.8, 4) is 11.6 Å². The van der Waals surface area contributed by atoms with Crippen molar-refractivity contribution in [2.45, 2.75) is 32.9 Å². The van der Waals surface area contributed by atoms with Gasteiger partial charge in [0, 0.05) is 18.8 Å². The van der Waals surface area contributed by atoms with E-state index < -0.39 is 6.10 Å². The van der Waals surface area contributed by atoms with Crippen LogP contribution in [-0.4, -0.2) is 19.9 Å². The number of hydrogen-bond acceptors (Lipinski definition) is 4. The van der Waals surface area contributed by atoms with Crippen molar-refractivity contribution in [3.05, 3.63) is 36.3 Å². The fourth-order valence-electron chi connectivity index (χ4n) is 1.57. The van der Waals surface area contributed by atoms with Crippen LogP contribution in [0.4, 0.5) is 0 Å². The van der Waals surface area contributed by atoms with E-state index in [4.69, 9.17) is 4.74 Å². The highest BCUT2D eigenvalue weighted by atomic mass is 16.5. The summed E-state index contributed by atoms with van der Waals surface area (Å²) in [6.07, 6.45) is 5.63. The molecule has 0 aliphatic carbocycles. The Labute approximate surface area is 106 Å². The lowest BCUT2D eigenvalue weighted by Gasteiger charge is -2.05. The third kappa shape index (κ3) is 3.07. The Hall–Kier alpha value is -1.88. The summed E-state index contributed by atoms with van der Waals surface area (Å²) in [5.41, 5.74) is 0.768. The highest BCUT2D eigenvalue weighted by Gasteiger charge is 2.04. The van der Waals surface area contributed by atoms with Crippen LogP contribution in [0.25, 0.3) is 0 Å². The monoisotopic (exact) mass is 247 g/mol. The van der Waals surface area contributed by atoms with Gasteiger partial charge in [-0.3, -0.25) is 4.68 Å². The molecule has 5 heteroatoms. The highest BCUT2D eigenvalue weighted by molar-refractivity contribution is 5.24. The molecule has 0 amide bonds. The molecule has 1 N–H and O–H groups in total. The Bertz CT molecular complexity index is 491. The summed E-state index contributed by atoms with van der Waals surface area (Å²) in [6, 6.07) is 3.53. The molecule has 96 valence electrons. The van der Waals surface area contributed by atoms with Crippen LogP contribution >= 0.6 is 0 Å². The van der Waals surface area contributed by atoms with Crippen molar-refractivity contribution in [1.82, 2.24) is 14.8 Å². The average Bonchev–Trinajstić information content (AvgIpc) is 2.78. The second kappa shape index (κ2) is 5.64. The minimum atomic E-state index is -0.515. The van der Waals surface area contributed by atoms with Gasteiger partial charge in [0.2, 0.25) is 5.88 Å². The van der Waals surface area contributed by atoms with Crippen molar-refractivity contribution < 1.29 is 9.84 Å². The van der Waals surface area contributed by atoms with E-state index in [1.54, 1.807) is 31.5 Å². The molecule has 2 aromatic rings. The molecule has 1 atom stereocenters. The van der Waals surface area contributed by atoms with Crippen LogP contribution in [0.5, 0.6) is 11.6 Å². The van der Waals surface area contributed by atoms with E-state index >= 15 is 0 Å². The van der Waals surface area contributed by atoms with Crippen LogP contribution < -0.4 is 4.74 Å².